The fraction of sp³-hybridized carbons (Fsp3) is 0.222. The third-order valence-corrected chi connectivity index (χ3v) is 6.67. The molecule has 0 spiro atoms. The van der Waals surface area contributed by atoms with E-state index in [4.69, 9.17) is 18.4 Å². The summed E-state index contributed by atoms with van der Waals surface area (Å²) in [6.07, 6.45) is 2.26. The molecule has 0 aromatic heterocycles. The van der Waals surface area contributed by atoms with Gasteiger partial charge in [0, 0.05) is 5.56 Å². The average Bonchev–Trinajstić information content (AvgIpc) is 2.88. The van der Waals surface area contributed by atoms with Gasteiger partial charge in [-0.1, -0.05) is 60.2 Å². The van der Waals surface area contributed by atoms with Crippen molar-refractivity contribution in [3.8, 4) is 11.5 Å². The maximum absolute atomic E-state index is 12.5. The number of anilines is 1. The molecule has 36 heavy (non-hydrogen) atoms. The van der Waals surface area contributed by atoms with Gasteiger partial charge in [-0.05, 0) is 43.7 Å². The summed E-state index contributed by atoms with van der Waals surface area (Å²) < 4.78 is 47.5. The molecule has 3 aromatic carbocycles. The summed E-state index contributed by atoms with van der Waals surface area (Å²) in [6, 6.07) is 19.1. The third kappa shape index (κ3) is 6.24. The van der Waals surface area contributed by atoms with Crippen molar-refractivity contribution in [1.82, 2.24) is 0 Å². The highest BCUT2D eigenvalue weighted by atomic mass is 32.2. The van der Waals surface area contributed by atoms with Gasteiger partial charge in [0.1, 0.15) is 19.8 Å². The first-order valence-corrected chi connectivity index (χ1v) is 12.8. The van der Waals surface area contributed by atoms with E-state index in [9.17, 15) is 13.2 Å². The van der Waals surface area contributed by atoms with Crippen LogP contribution in [0.2, 0.25) is 0 Å². The number of carbonyl (C=O) groups is 1. The van der Waals surface area contributed by atoms with Crippen LogP contribution in [0.1, 0.15) is 23.6 Å². The summed E-state index contributed by atoms with van der Waals surface area (Å²) in [6.45, 7) is 3.70. The lowest BCUT2D eigenvalue weighted by atomic mass is 10.1. The number of nitrogens with one attached hydrogen (secondary N) is 1. The van der Waals surface area contributed by atoms with E-state index in [0.717, 1.165) is 11.1 Å². The van der Waals surface area contributed by atoms with E-state index >= 15 is 0 Å². The zero-order valence-electron chi connectivity index (χ0n) is 20.0. The summed E-state index contributed by atoms with van der Waals surface area (Å²) in [5, 5.41) is 2.74. The lowest BCUT2D eigenvalue weighted by Gasteiger charge is -2.28. The highest BCUT2D eigenvalue weighted by Crippen LogP contribution is 2.40. The Bertz CT molecular complexity index is 1340. The van der Waals surface area contributed by atoms with E-state index in [1.807, 2.05) is 44.2 Å². The van der Waals surface area contributed by atoms with Gasteiger partial charge in [-0.15, -0.1) is 0 Å². The molecular weight excluding hydrogens is 482 g/mol. The van der Waals surface area contributed by atoms with E-state index in [-0.39, 0.29) is 24.7 Å². The number of carbonyl (C=O) groups excluding carboxylic acids is 1. The lowest BCUT2D eigenvalue weighted by molar-refractivity contribution is 0.0553. The van der Waals surface area contributed by atoms with Crippen molar-refractivity contribution in [2.75, 3.05) is 18.5 Å². The molecule has 8 nitrogen and oxygen atoms in total. The van der Waals surface area contributed by atoms with Crippen molar-refractivity contribution < 1.29 is 31.6 Å². The molecule has 1 aliphatic heterocycles. The van der Waals surface area contributed by atoms with Gasteiger partial charge in [-0.3, -0.25) is 9.50 Å². The van der Waals surface area contributed by atoms with Crippen LogP contribution in [0.5, 0.6) is 11.5 Å². The Morgan fingerprint density at radius 1 is 1.08 bits per heavy atom. The third-order valence-electron chi connectivity index (χ3n) is 5.37. The highest BCUT2D eigenvalue weighted by Gasteiger charge is 2.27. The first-order chi connectivity index (χ1) is 17.4. The zero-order chi connectivity index (χ0) is 25.5. The van der Waals surface area contributed by atoms with Crippen molar-refractivity contribution in [2.45, 2.75) is 31.5 Å². The van der Waals surface area contributed by atoms with Crippen LogP contribution >= 0.6 is 0 Å². The van der Waals surface area contributed by atoms with Crippen molar-refractivity contribution in [3.63, 3.8) is 0 Å². The molecule has 1 N–H and O–H groups in total. The molecule has 1 amide bonds. The maximum Gasteiger partial charge on any atom is 0.411 e. The van der Waals surface area contributed by atoms with E-state index in [1.54, 1.807) is 36.4 Å². The second-order valence-electron chi connectivity index (χ2n) is 8.14. The monoisotopic (exact) mass is 509 g/mol. The molecule has 0 aliphatic carbocycles. The number of rotatable bonds is 8. The minimum Gasteiger partial charge on any atom is -0.486 e. The highest BCUT2D eigenvalue weighted by molar-refractivity contribution is 7.86. The Hall–Kier alpha value is -3.82. The van der Waals surface area contributed by atoms with Gasteiger partial charge < -0.3 is 14.2 Å². The largest absolute Gasteiger partial charge is 0.486 e. The van der Waals surface area contributed by atoms with Crippen LogP contribution in [0.25, 0.3) is 6.08 Å². The molecule has 1 aliphatic rings. The van der Waals surface area contributed by atoms with Crippen molar-refractivity contribution in [2.24, 2.45) is 0 Å². The van der Waals surface area contributed by atoms with E-state index in [2.05, 4.69) is 5.32 Å². The smallest absolute Gasteiger partial charge is 0.411 e. The number of allylic oxidation sites excluding steroid dienone is 1. The van der Waals surface area contributed by atoms with Gasteiger partial charge in [0.2, 0.25) is 0 Å². The van der Waals surface area contributed by atoms with Crippen molar-refractivity contribution in [1.29, 1.82) is 0 Å². The minimum atomic E-state index is -3.95. The first kappa shape index (κ1) is 25.3. The average molecular weight is 510 g/mol. The Balaban J connectivity index is 1.45. The Morgan fingerprint density at radius 2 is 1.83 bits per heavy atom. The van der Waals surface area contributed by atoms with Crippen molar-refractivity contribution in [3.05, 3.63) is 89.5 Å². The van der Waals surface area contributed by atoms with Crippen LogP contribution in [0.4, 0.5) is 10.5 Å². The predicted molar refractivity (Wildman–Crippen MR) is 136 cm³/mol. The number of ether oxygens (including phenoxy) is 3. The number of fused-ring (bicyclic) bond motifs is 1. The van der Waals surface area contributed by atoms with E-state index < -0.39 is 22.3 Å². The van der Waals surface area contributed by atoms with Gasteiger partial charge >= 0.3 is 6.09 Å². The number of benzene rings is 3. The Morgan fingerprint density at radius 3 is 2.56 bits per heavy atom. The van der Waals surface area contributed by atoms with Crippen LogP contribution in [0.3, 0.4) is 0 Å². The molecule has 0 radical (unpaired) electrons. The maximum atomic E-state index is 12.5. The predicted octanol–water partition coefficient (Wildman–Crippen LogP) is 5.32. The molecule has 1 unspecified atom stereocenters. The SMILES string of the molecule is C/C=C\c1c(NC(=O)OCc2ccccc2)ccc2c1OC(COS(=O)(=O)c1ccc(C)cc1)CO2. The second-order valence-corrected chi connectivity index (χ2v) is 9.76. The van der Waals surface area contributed by atoms with Gasteiger partial charge in [-0.2, -0.15) is 8.42 Å². The Kier molecular flexibility index (Phi) is 7.92. The molecule has 188 valence electrons. The summed E-state index contributed by atoms with van der Waals surface area (Å²) in [5.41, 5.74) is 2.84. The minimum absolute atomic E-state index is 0.0698. The lowest BCUT2D eigenvalue weighted by Crippen LogP contribution is -2.34. The summed E-state index contributed by atoms with van der Waals surface area (Å²) in [7, 11) is -3.95. The molecule has 0 saturated heterocycles. The van der Waals surface area contributed by atoms with Crippen LogP contribution in [0, 0.1) is 6.92 Å². The molecule has 1 atom stereocenters. The number of hydrogen-bond acceptors (Lipinski definition) is 7. The molecule has 9 heteroatoms. The fourth-order valence-corrected chi connectivity index (χ4v) is 4.47. The van der Waals surface area contributed by atoms with Crippen molar-refractivity contribution >= 4 is 28.0 Å². The van der Waals surface area contributed by atoms with Crippen LogP contribution < -0.4 is 14.8 Å². The standard InChI is InChI=1S/C27H27NO7S/c1-3-7-23-24(28-27(29)33-16-20-8-5-4-6-9-20)14-15-25-26(23)35-21(17-32-25)18-34-36(30,31)22-12-10-19(2)11-13-22/h3-15,21H,16-18H2,1-2H3,(H,28,29)/b7-3-. The molecular formula is C27H27NO7S. The number of hydrogen-bond donors (Lipinski definition) is 1. The van der Waals surface area contributed by atoms with E-state index in [0.29, 0.717) is 22.7 Å². The zero-order valence-corrected chi connectivity index (χ0v) is 20.8. The van der Waals surface area contributed by atoms with Crippen LogP contribution in [-0.4, -0.2) is 33.8 Å². The van der Waals surface area contributed by atoms with E-state index in [1.165, 1.54) is 12.1 Å². The first-order valence-electron chi connectivity index (χ1n) is 11.4. The molecule has 4 rings (SSSR count). The normalized spacial score (nSPS) is 15.0. The molecule has 0 bridgehead atoms. The summed E-state index contributed by atoms with van der Waals surface area (Å²) >= 11 is 0. The number of aryl methyl sites for hydroxylation is 1. The topological polar surface area (TPSA) is 100 Å². The van der Waals surface area contributed by atoms with Crippen LogP contribution in [0.15, 0.2) is 77.7 Å². The second kappa shape index (κ2) is 11.3. The van der Waals surface area contributed by atoms with Gasteiger partial charge in [0.05, 0.1) is 10.6 Å². The summed E-state index contributed by atoms with van der Waals surface area (Å²) in [5.74, 6) is 0.852. The molecule has 1 heterocycles. The Labute approximate surface area is 210 Å². The quantitative estimate of drug-likeness (QED) is 0.410. The van der Waals surface area contributed by atoms with Gasteiger partial charge in [0.15, 0.2) is 17.6 Å². The van der Waals surface area contributed by atoms with Gasteiger partial charge in [0.25, 0.3) is 10.1 Å². The molecule has 0 fully saturated rings. The summed E-state index contributed by atoms with van der Waals surface area (Å²) in [4.78, 5) is 12.5. The van der Waals surface area contributed by atoms with Crippen LogP contribution in [-0.2, 0) is 25.6 Å². The number of amides is 1. The van der Waals surface area contributed by atoms with Gasteiger partial charge in [-0.25, -0.2) is 4.79 Å². The fourth-order valence-electron chi connectivity index (χ4n) is 3.53. The molecule has 3 aromatic rings. The molecule has 0 saturated carbocycles.